The van der Waals surface area contributed by atoms with E-state index in [1.807, 2.05) is 18.2 Å². The molecule has 0 atom stereocenters. The lowest BCUT2D eigenvalue weighted by molar-refractivity contribution is 0.761. The Hall–Kier alpha value is -2.27. The second kappa shape index (κ2) is 5.16. The van der Waals surface area contributed by atoms with Crippen LogP contribution in [0, 0.1) is 11.3 Å². The van der Waals surface area contributed by atoms with Crippen molar-refractivity contribution in [2.75, 3.05) is 11.4 Å². The summed E-state index contributed by atoms with van der Waals surface area (Å²) < 4.78 is 0. The maximum absolute atomic E-state index is 9.04. The molecule has 2 aromatic rings. The summed E-state index contributed by atoms with van der Waals surface area (Å²) in [5.74, 6) is 0. The fraction of sp³-hybridized carbons (Fsp3) is 0.235. The van der Waals surface area contributed by atoms with Crippen molar-refractivity contribution in [2.24, 2.45) is 0 Å². The summed E-state index contributed by atoms with van der Waals surface area (Å²) in [7, 11) is 0. The zero-order valence-electron chi connectivity index (χ0n) is 10.8. The maximum atomic E-state index is 9.04. The first-order chi connectivity index (χ1) is 9.38. The second-order valence-corrected chi connectivity index (χ2v) is 4.90. The van der Waals surface area contributed by atoms with Crippen molar-refractivity contribution in [3.8, 4) is 6.07 Å². The van der Waals surface area contributed by atoms with E-state index in [-0.39, 0.29) is 0 Å². The Morgan fingerprint density at radius 1 is 1.00 bits per heavy atom. The Bertz CT molecular complexity index is 625. The molecule has 0 amide bonds. The van der Waals surface area contributed by atoms with Crippen LogP contribution in [-0.4, -0.2) is 6.54 Å². The lowest BCUT2D eigenvalue weighted by Gasteiger charge is -2.25. The molecule has 2 heteroatoms. The minimum absolute atomic E-state index is 0.722. The van der Waals surface area contributed by atoms with Gasteiger partial charge in [-0.3, -0.25) is 0 Å². The molecule has 1 heterocycles. The van der Waals surface area contributed by atoms with Gasteiger partial charge in [0, 0.05) is 17.9 Å². The Balaban J connectivity index is 2.07. The first-order valence-electron chi connectivity index (χ1n) is 6.74. The Labute approximate surface area is 113 Å². The molecule has 0 spiro atoms. The monoisotopic (exact) mass is 248 g/mol. The number of benzene rings is 2. The van der Waals surface area contributed by atoms with E-state index in [1.165, 1.54) is 24.1 Å². The summed E-state index contributed by atoms with van der Waals surface area (Å²) in [5.41, 5.74) is 4.53. The average Bonchev–Trinajstić information content (AvgIpc) is 2.69. The van der Waals surface area contributed by atoms with Gasteiger partial charge in [0.25, 0.3) is 0 Å². The second-order valence-electron chi connectivity index (χ2n) is 4.90. The highest BCUT2D eigenvalue weighted by atomic mass is 15.1. The smallest absolute Gasteiger partial charge is 0.0992 e. The predicted octanol–water partition coefficient (Wildman–Crippen LogP) is 4.03. The van der Waals surface area contributed by atoms with Crippen LogP contribution < -0.4 is 4.90 Å². The standard InChI is InChI=1S/C17H16N2/c18-13-14-6-5-9-16(12-14)19-11-4-3-8-15-7-1-2-10-17(15)19/h1-2,5-7,9-10,12H,3-4,8,11H2. The number of aryl methyl sites for hydroxylation is 1. The third kappa shape index (κ3) is 2.32. The molecule has 19 heavy (non-hydrogen) atoms. The number of hydrogen-bond acceptors (Lipinski definition) is 2. The minimum Gasteiger partial charge on any atom is -0.341 e. The van der Waals surface area contributed by atoms with Crippen molar-refractivity contribution in [1.82, 2.24) is 0 Å². The molecule has 0 bridgehead atoms. The lowest BCUT2D eigenvalue weighted by atomic mass is 10.1. The SMILES string of the molecule is N#Cc1cccc(N2CCCCc3ccccc32)c1. The van der Waals surface area contributed by atoms with Gasteiger partial charge in [-0.25, -0.2) is 0 Å². The van der Waals surface area contributed by atoms with Crippen molar-refractivity contribution < 1.29 is 0 Å². The summed E-state index contributed by atoms with van der Waals surface area (Å²) in [6, 6.07) is 18.7. The molecule has 94 valence electrons. The van der Waals surface area contributed by atoms with Crippen molar-refractivity contribution >= 4 is 11.4 Å². The van der Waals surface area contributed by atoms with Crippen LogP contribution in [-0.2, 0) is 6.42 Å². The van der Waals surface area contributed by atoms with Gasteiger partial charge in [0.2, 0.25) is 0 Å². The molecule has 2 aromatic carbocycles. The molecule has 0 radical (unpaired) electrons. The van der Waals surface area contributed by atoms with Crippen molar-refractivity contribution in [2.45, 2.75) is 19.3 Å². The topological polar surface area (TPSA) is 27.0 Å². The summed E-state index contributed by atoms with van der Waals surface area (Å²) in [6.07, 6.45) is 3.56. The largest absolute Gasteiger partial charge is 0.341 e. The molecule has 3 rings (SSSR count). The number of anilines is 2. The zero-order valence-corrected chi connectivity index (χ0v) is 10.8. The summed E-state index contributed by atoms with van der Waals surface area (Å²) in [4.78, 5) is 2.34. The van der Waals surface area contributed by atoms with Crippen LogP contribution >= 0.6 is 0 Å². The Morgan fingerprint density at radius 2 is 1.89 bits per heavy atom. The number of rotatable bonds is 1. The van der Waals surface area contributed by atoms with Gasteiger partial charge in [-0.2, -0.15) is 5.26 Å². The lowest BCUT2D eigenvalue weighted by Crippen LogP contribution is -2.17. The highest BCUT2D eigenvalue weighted by Gasteiger charge is 2.16. The van der Waals surface area contributed by atoms with Gasteiger partial charge in [0.15, 0.2) is 0 Å². The highest BCUT2D eigenvalue weighted by Crippen LogP contribution is 2.32. The van der Waals surface area contributed by atoms with E-state index >= 15 is 0 Å². The van der Waals surface area contributed by atoms with Gasteiger partial charge in [-0.1, -0.05) is 24.3 Å². The number of nitriles is 1. The van der Waals surface area contributed by atoms with Gasteiger partial charge in [0.05, 0.1) is 11.6 Å². The molecule has 0 N–H and O–H groups in total. The normalized spacial score (nSPS) is 14.4. The minimum atomic E-state index is 0.722. The summed E-state index contributed by atoms with van der Waals surface area (Å²) in [6.45, 7) is 1.02. The molecule has 2 nitrogen and oxygen atoms in total. The first kappa shape index (κ1) is 11.8. The van der Waals surface area contributed by atoms with Crippen LogP contribution in [0.4, 0.5) is 11.4 Å². The zero-order chi connectivity index (χ0) is 13.1. The molecule has 0 unspecified atom stereocenters. The Morgan fingerprint density at radius 3 is 2.79 bits per heavy atom. The van der Waals surface area contributed by atoms with Crippen LogP contribution in [0.25, 0.3) is 0 Å². The number of hydrogen-bond donors (Lipinski definition) is 0. The van der Waals surface area contributed by atoms with Crippen molar-refractivity contribution in [3.05, 3.63) is 59.7 Å². The quantitative estimate of drug-likeness (QED) is 0.761. The van der Waals surface area contributed by atoms with E-state index < -0.39 is 0 Å². The van der Waals surface area contributed by atoms with Crippen LogP contribution in [0.15, 0.2) is 48.5 Å². The van der Waals surface area contributed by atoms with Gasteiger partial charge in [-0.15, -0.1) is 0 Å². The average molecular weight is 248 g/mol. The van der Waals surface area contributed by atoms with Gasteiger partial charge >= 0.3 is 0 Å². The first-order valence-corrected chi connectivity index (χ1v) is 6.74. The molecule has 1 aliphatic rings. The van der Waals surface area contributed by atoms with Gasteiger partial charge < -0.3 is 4.90 Å². The van der Waals surface area contributed by atoms with Crippen LogP contribution in [0.2, 0.25) is 0 Å². The van der Waals surface area contributed by atoms with E-state index in [0.29, 0.717) is 0 Å². The van der Waals surface area contributed by atoms with Crippen molar-refractivity contribution in [1.29, 1.82) is 5.26 Å². The van der Waals surface area contributed by atoms with E-state index in [2.05, 4.69) is 41.3 Å². The molecule has 0 saturated heterocycles. The molecule has 0 saturated carbocycles. The number of nitrogens with zero attached hydrogens (tertiary/aromatic N) is 2. The third-order valence-corrected chi connectivity index (χ3v) is 3.65. The van der Waals surface area contributed by atoms with E-state index in [0.717, 1.165) is 24.2 Å². The molecule has 0 aliphatic carbocycles. The number of fused-ring (bicyclic) bond motifs is 1. The predicted molar refractivity (Wildman–Crippen MR) is 77.5 cm³/mol. The number of para-hydroxylation sites is 1. The maximum Gasteiger partial charge on any atom is 0.0992 e. The fourth-order valence-corrected chi connectivity index (χ4v) is 2.70. The summed E-state index contributed by atoms with van der Waals surface area (Å²) >= 11 is 0. The van der Waals surface area contributed by atoms with Gasteiger partial charge in [0.1, 0.15) is 0 Å². The summed E-state index contributed by atoms with van der Waals surface area (Å²) in [5, 5.41) is 9.04. The molecular weight excluding hydrogens is 232 g/mol. The molecule has 1 aliphatic heterocycles. The van der Waals surface area contributed by atoms with Crippen LogP contribution in [0.5, 0.6) is 0 Å². The highest BCUT2D eigenvalue weighted by molar-refractivity contribution is 5.68. The van der Waals surface area contributed by atoms with Crippen molar-refractivity contribution in [3.63, 3.8) is 0 Å². The third-order valence-electron chi connectivity index (χ3n) is 3.65. The van der Waals surface area contributed by atoms with E-state index in [4.69, 9.17) is 5.26 Å². The molecule has 0 aromatic heterocycles. The molecule has 0 fully saturated rings. The van der Waals surface area contributed by atoms with Gasteiger partial charge in [-0.05, 0) is 49.1 Å². The van der Waals surface area contributed by atoms with E-state index in [9.17, 15) is 0 Å². The van der Waals surface area contributed by atoms with E-state index in [1.54, 1.807) is 0 Å². The fourth-order valence-electron chi connectivity index (χ4n) is 2.70. The van der Waals surface area contributed by atoms with Crippen LogP contribution in [0.3, 0.4) is 0 Å². The Kier molecular flexibility index (Phi) is 3.20. The molecular formula is C17H16N2. The van der Waals surface area contributed by atoms with Crippen LogP contribution in [0.1, 0.15) is 24.0 Å².